The number of rotatable bonds is 4. The van der Waals surface area contributed by atoms with Crippen LogP contribution in [0.2, 0.25) is 0 Å². The van der Waals surface area contributed by atoms with Gasteiger partial charge in [-0.2, -0.15) is 0 Å². The van der Waals surface area contributed by atoms with E-state index < -0.39 is 0 Å². The smallest absolute Gasteiger partial charge is 0.00703 e. The predicted molar refractivity (Wildman–Crippen MR) is 91.4 cm³/mol. The monoisotopic (exact) mass is 285 g/mol. The van der Waals surface area contributed by atoms with Gasteiger partial charge in [0.05, 0.1) is 0 Å². The van der Waals surface area contributed by atoms with Gasteiger partial charge in [-0.3, -0.25) is 4.90 Å². The van der Waals surface area contributed by atoms with Crippen molar-refractivity contribution in [2.24, 2.45) is 5.41 Å². The Bertz CT molecular complexity index is 454. The molecule has 1 saturated heterocycles. The van der Waals surface area contributed by atoms with Gasteiger partial charge in [-0.15, -0.1) is 0 Å². The molecular weight excluding hydrogens is 254 g/mol. The quantitative estimate of drug-likeness (QED) is 0.681. The summed E-state index contributed by atoms with van der Waals surface area (Å²) in [5.41, 5.74) is 3.57. The molecule has 0 aromatic rings. The van der Waals surface area contributed by atoms with E-state index in [2.05, 4.69) is 50.0 Å². The topological polar surface area (TPSA) is 3.24 Å². The van der Waals surface area contributed by atoms with Gasteiger partial charge in [-0.1, -0.05) is 36.3 Å². The van der Waals surface area contributed by atoms with Gasteiger partial charge < -0.3 is 0 Å². The average molecular weight is 285 g/mol. The van der Waals surface area contributed by atoms with Crippen LogP contribution in [0.15, 0.2) is 35.5 Å². The molecule has 21 heavy (non-hydrogen) atoms. The molecule has 0 aromatic carbocycles. The second kappa shape index (κ2) is 6.12. The first-order valence-electron chi connectivity index (χ1n) is 8.91. The Hall–Kier alpha value is -0.820. The minimum atomic E-state index is 0.486. The number of hydrogen-bond acceptors (Lipinski definition) is 1. The van der Waals surface area contributed by atoms with E-state index in [0.29, 0.717) is 5.41 Å². The number of nitrogens with zero attached hydrogens (tertiary/aromatic N) is 1. The molecule has 1 heterocycles. The Morgan fingerprint density at radius 2 is 1.86 bits per heavy atom. The summed E-state index contributed by atoms with van der Waals surface area (Å²) in [5.74, 6) is 0. The summed E-state index contributed by atoms with van der Waals surface area (Å²) >= 11 is 0. The summed E-state index contributed by atoms with van der Waals surface area (Å²) in [4.78, 5) is 2.75. The Kier molecular flexibility index (Phi) is 4.40. The van der Waals surface area contributed by atoms with Crippen LogP contribution in [0.25, 0.3) is 0 Å². The zero-order valence-corrected chi connectivity index (χ0v) is 14.1. The fourth-order valence-electron chi connectivity index (χ4n) is 4.40. The molecule has 2 atom stereocenters. The Morgan fingerprint density at radius 1 is 1.14 bits per heavy atom. The fraction of sp³-hybridized carbons (Fsp3) is 0.700. The average Bonchev–Trinajstić information content (AvgIpc) is 2.62. The van der Waals surface area contributed by atoms with Crippen molar-refractivity contribution in [2.75, 3.05) is 6.54 Å². The summed E-state index contributed by atoms with van der Waals surface area (Å²) in [7, 11) is 0. The van der Waals surface area contributed by atoms with Gasteiger partial charge in [0.15, 0.2) is 0 Å². The molecular formula is C20H31N. The molecule has 0 amide bonds. The number of likely N-dealkylation sites (tertiary alicyclic amines) is 1. The maximum atomic E-state index is 2.75. The molecule has 1 heteroatoms. The molecule has 0 N–H and O–H groups in total. The maximum Gasteiger partial charge on any atom is 0.00703 e. The van der Waals surface area contributed by atoms with Crippen molar-refractivity contribution in [3.05, 3.63) is 35.5 Å². The lowest BCUT2D eigenvalue weighted by Gasteiger charge is -2.45. The second-order valence-electron chi connectivity index (χ2n) is 7.64. The highest BCUT2D eigenvalue weighted by Gasteiger charge is 2.40. The standard InChI is InChI=1S/C20H31N/c1-16-6-4-7-19(11-8-16)20(12-5-13-20)14-15-21-17(2)9-10-18(21)3/h4,7-8,11,17-18H,5-6,9-10,12-15H2,1-3H3. The lowest BCUT2D eigenvalue weighted by molar-refractivity contribution is 0.123. The largest absolute Gasteiger partial charge is 0.298 e. The van der Waals surface area contributed by atoms with E-state index in [1.807, 2.05) is 0 Å². The molecule has 0 spiro atoms. The lowest BCUT2D eigenvalue weighted by atomic mass is 9.62. The zero-order valence-electron chi connectivity index (χ0n) is 14.1. The first-order chi connectivity index (χ1) is 10.1. The van der Waals surface area contributed by atoms with E-state index in [1.54, 1.807) is 5.57 Å². The fourth-order valence-corrected chi connectivity index (χ4v) is 4.40. The van der Waals surface area contributed by atoms with Crippen LogP contribution in [-0.4, -0.2) is 23.5 Å². The molecule has 3 aliphatic rings. The van der Waals surface area contributed by atoms with Crippen LogP contribution < -0.4 is 0 Å². The summed E-state index contributed by atoms with van der Waals surface area (Å²) in [6.45, 7) is 8.35. The van der Waals surface area contributed by atoms with Gasteiger partial charge >= 0.3 is 0 Å². The van der Waals surface area contributed by atoms with E-state index in [9.17, 15) is 0 Å². The summed E-state index contributed by atoms with van der Waals surface area (Å²) in [6.07, 6.45) is 19.0. The van der Waals surface area contributed by atoms with Crippen molar-refractivity contribution >= 4 is 0 Å². The Balaban J connectivity index is 1.69. The van der Waals surface area contributed by atoms with Gasteiger partial charge in [-0.25, -0.2) is 0 Å². The highest BCUT2D eigenvalue weighted by atomic mass is 15.2. The molecule has 3 rings (SSSR count). The van der Waals surface area contributed by atoms with Crippen LogP contribution in [-0.2, 0) is 0 Å². The number of allylic oxidation sites excluding steroid dienone is 6. The molecule has 2 fully saturated rings. The van der Waals surface area contributed by atoms with Crippen LogP contribution in [0.1, 0.15) is 65.7 Å². The minimum Gasteiger partial charge on any atom is -0.298 e. The molecule has 1 nitrogen and oxygen atoms in total. The zero-order chi connectivity index (χ0) is 14.9. The first-order valence-corrected chi connectivity index (χ1v) is 8.91. The third kappa shape index (κ3) is 3.04. The van der Waals surface area contributed by atoms with Gasteiger partial charge in [0.1, 0.15) is 0 Å². The van der Waals surface area contributed by atoms with E-state index in [-0.39, 0.29) is 0 Å². The normalized spacial score (nSPS) is 32.3. The van der Waals surface area contributed by atoms with Crippen LogP contribution in [0, 0.1) is 5.41 Å². The highest BCUT2D eigenvalue weighted by Crippen LogP contribution is 2.51. The summed E-state index contributed by atoms with van der Waals surface area (Å²) in [6, 6.07) is 1.58. The molecule has 2 aliphatic carbocycles. The molecule has 1 aliphatic heterocycles. The van der Waals surface area contributed by atoms with Crippen LogP contribution in [0.3, 0.4) is 0 Å². The molecule has 0 aromatic heterocycles. The predicted octanol–water partition coefficient (Wildman–Crippen LogP) is 5.25. The molecule has 1 saturated carbocycles. The molecule has 0 radical (unpaired) electrons. The van der Waals surface area contributed by atoms with Gasteiger partial charge in [0.25, 0.3) is 0 Å². The number of hydrogen-bond donors (Lipinski definition) is 0. The molecule has 2 unspecified atom stereocenters. The lowest BCUT2D eigenvalue weighted by Crippen LogP contribution is -2.39. The summed E-state index contributed by atoms with van der Waals surface area (Å²) < 4.78 is 0. The van der Waals surface area contributed by atoms with E-state index in [1.165, 1.54) is 50.6 Å². The van der Waals surface area contributed by atoms with Crippen molar-refractivity contribution in [1.29, 1.82) is 0 Å². The van der Waals surface area contributed by atoms with Gasteiger partial charge in [0.2, 0.25) is 0 Å². The van der Waals surface area contributed by atoms with Crippen molar-refractivity contribution < 1.29 is 0 Å². The third-order valence-electron chi connectivity index (χ3n) is 6.19. The summed E-state index contributed by atoms with van der Waals surface area (Å²) in [5, 5.41) is 0. The van der Waals surface area contributed by atoms with Crippen LogP contribution in [0.5, 0.6) is 0 Å². The van der Waals surface area contributed by atoms with Gasteiger partial charge in [0, 0.05) is 12.1 Å². The van der Waals surface area contributed by atoms with Crippen LogP contribution in [0.4, 0.5) is 0 Å². The van der Waals surface area contributed by atoms with E-state index in [4.69, 9.17) is 0 Å². The highest BCUT2D eigenvalue weighted by molar-refractivity contribution is 5.36. The van der Waals surface area contributed by atoms with Crippen molar-refractivity contribution in [2.45, 2.75) is 77.8 Å². The van der Waals surface area contributed by atoms with E-state index >= 15 is 0 Å². The second-order valence-corrected chi connectivity index (χ2v) is 7.64. The van der Waals surface area contributed by atoms with Crippen molar-refractivity contribution in [1.82, 2.24) is 4.90 Å². The Labute approximate surface area is 130 Å². The van der Waals surface area contributed by atoms with Crippen LogP contribution >= 0.6 is 0 Å². The maximum absolute atomic E-state index is 2.75. The molecule has 116 valence electrons. The Morgan fingerprint density at radius 3 is 2.48 bits per heavy atom. The van der Waals surface area contributed by atoms with Crippen molar-refractivity contribution in [3.63, 3.8) is 0 Å². The first kappa shape index (κ1) is 15.1. The third-order valence-corrected chi connectivity index (χ3v) is 6.19. The molecule has 0 bridgehead atoms. The van der Waals surface area contributed by atoms with Gasteiger partial charge in [-0.05, 0) is 76.8 Å². The van der Waals surface area contributed by atoms with E-state index in [0.717, 1.165) is 18.5 Å². The SMILES string of the molecule is CC1=CC=C(C2(CCN3C(C)CCC3C)CCC2)C=CC1. The minimum absolute atomic E-state index is 0.486. The van der Waals surface area contributed by atoms with Crippen molar-refractivity contribution in [3.8, 4) is 0 Å².